The molecule has 0 fully saturated rings. The first-order valence-corrected chi connectivity index (χ1v) is 5.13. The Morgan fingerprint density at radius 1 is 1.07 bits per heavy atom. The lowest BCUT2D eigenvalue weighted by molar-refractivity contribution is 0.0754. The average Bonchev–Trinajstić information content (AvgIpc) is 2.02. The van der Waals surface area contributed by atoms with Crippen LogP contribution in [-0.4, -0.2) is 22.3 Å². The molecule has 0 spiro atoms. The van der Waals surface area contributed by atoms with E-state index in [4.69, 9.17) is 0 Å². The van der Waals surface area contributed by atoms with Gasteiger partial charge in [-0.05, 0) is 41.5 Å². The minimum Gasteiger partial charge on any atom is -0.376 e. The molecule has 2 N–H and O–H groups in total. The molecule has 0 saturated heterocycles. The summed E-state index contributed by atoms with van der Waals surface area (Å²) in [6.07, 6.45) is 0. The topological polar surface area (TPSA) is 32.3 Å². The highest BCUT2D eigenvalue weighted by molar-refractivity contribution is 5.18. The monoisotopic (exact) mass is 207 g/mol. The van der Waals surface area contributed by atoms with Crippen molar-refractivity contribution >= 4 is 0 Å². The van der Waals surface area contributed by atoms with Crippen LogP contribution in [0.25, 0.3) is 0 Å². The third-order valence-corrected chi connectivity index (χ3v) is 2.24. The van der Waals surface area contributed by atoms with E-state index in [1.165, 1.54) is 0 Å². The van der Waals surface area contributed by atoms with Crippen molar-refractivity contribution in [1.82, 2.24) is 5.32 Å². The molecule has 0 radical (unpaired) electrons. The van der Waals surface area contributed by atoms with E-state index in [2.05, 4.69) is 29.0 Å². The van der Waals surface area contributed by atoms with Gasteiger partial charge in [-0.2, -0.15) is 0 Å². The summed E-state index contributed by atoms with van der Waals surface area (Å²) < 4.78 is 0. The summed E-state index contributed by atoms with van der Waals surface area (Å²) in [4.78, 5) is 0. The van der Waals surface area contributed by atoms with E-state index in [1.807, 2.05) is 20.8 Å². The van der Waals surface area contributed by atoms with Gasteiger partial charge in [0.05, 0.1) is 5.54 Å². The van der Waals surface area contributed by atoms with Crippen LogP contribution in [0.5, 0.6) is 0 Å². The van der Waals surface area contributed by atoms with E-state index >= 15 is 0 Å². The van der Waals surface area contributed by atoms with Crippen molar-refractivity contribution < 1.29 is 5.11 Å². The van der Waals surface area contributed by atoms with Gasteiger partial charge in [0, 0.05) is 6.04 Å². The molecule has 0 aliphatic heterocycles. The molecule has 0 aliphatic carbocycles. The molecule has 0 aromatic carbocycles. The minimum absolute atomic E-state index is 0.138. The Hall–Kier alpha value is -0.960. The zero-order chi connectivity index (χ0) is 12.1. The molecular formula is C13H21NO. The van der Waals surface area contributed by atoms with Crippen LogP contribution in [0.1, 0.15) is 41.5 Å². The Bertz CT molecular complexity index is 320. The van der Waals surface area contributed by atoms with Crippen molar-refractivity contribution in [2.45, 2.75) is 58.7 Å². The number of hydrogen-bond acceptors (Lipinski definition) is 2. The lowest BCUT2D eigenvalue weighted by Crippen LogP contribution is -2.53. The van der Waals surface area contributed by atoms with Crippen LogP contribution in [0.4, 0.5) is 0 Å². The quantitative estimate of drug-likeness (QED) is 0.688. The Kier molecular flexibility index (Phi) is 4.88. The summed E-state index contributed by atoms with van der Waals surface area (Å²) in [7, 11) is 0. The lowest BCUT2D eigenvalue weighted by Gasteiger charge is -2.32. The number of aliphatic hydroxyl groups is 1. The van der Waals surface area contributed by atoms with E-state index in [0.717, 1.165) is 0 Å². The summed E-state index contributed by atoms with van der Waals surface area (Å²) in [6.45, 7) is 11.1. The Morgan fingerprint density at radius 3 is 1.93 bits per heavy atom. The smallest absolute Gasteiger partial charge is 0.137 e. The largest absolute Gasteiger partial charge is 0.376 e. The van der Waals surface area contributed by atoms with Crippen LogP contribution in [0.15, 0.2) is 0 Å². The lowest BCUT2D eigenvalue weighted by atomic mass is 9.95. The van der Waals surface area contributed by atoms with Crippen molar-refractivity contribution in [3.8, 4) is 23.7 Å². The highest BCUT2D eigenvalue weighted by atomic mass is 16.3. The third kappa shape index (κ3) is 4.88. The first-order chi connectivity index (χ1) is 6.75. The first kappa shape index (κ1) is 14.0. The second-order valence-corrected chi connectivity index (χ2v) is 4.39. The molecule has 0 aromatic rings. The number of nitrogens with one attached hydrogen (secondary N) is 1. The fraction of sp³-hybridized carbons (Fsp3) is 0.692. The Labute approximate surface area is 93.5 Å². The van der Waals surface area contributed by atoms with Crippen LogP contribution in [0, 0.1) is 23.7 Å². The van der Waals surface area contributed by atoms with Gasteiger partial charge in [-0.1, -0.05) is 11.8 Å². The fourth-order valence-electron chi connectivity index (χ4n) is 1.39. The standard InChI is InChI=1S/C13H21NO/c1-7-9-12(4,5)14-11(3)13(6,15)10-8-2/h11,14-15H,1-6H3. The van der Waals surface area contributed by atoms with Crippen LogP contribution in [0.2, 0.25) is 0 Å². The summed E-state index contributed by atoms with van der Waals surface area (Å²) in [6, 6.07) is -0.138. The third-order valence-electron chi connectivity index (χ3n) is 2.24. The molecule has 0 amide bonds. The minimum atomic E-state index is -1.03. The summed E-state index contributed by atoms with van der Waals surface area (Å²) in [5.41, 5.74) is -1.34. The highest BCUT2D eigenvalue weighted by Gasteiger charge is 2.29. The molecule has 15 heavy (non-hydrogen) atoms. The van der Waals surface area contributed by atoms with Gasteiger partial charge in [0.15, 0.2) is 0 Å². The van der Waals surface area contributed by atoms with Crippen LogP contribution in [-0.2, 0) is 0 Å². The molecule has 0 rings (SSSR count). The first-order valence-electron chi connectivity index (χ1n) is 5.13. The molecule has 2 heteroatoms. The van der Waals surface area contributed by atoms with E-state index in [0.29, 0.717) is 0 Å². The van der Waals surface area contributed by atoms with E-state index in [1.54, 1.807) is 20.8 Å². The zero-order valence-electron chi connectivity index (χ0n) is 10.5. The van der Waals surface area contributed by atoms with Crippen molar-refractivity contribution in [3.63, 3.8) is 0 Å². The fourth-order valence-corrected chi connectivity index (χ4v) is 1.39. The molecule has 0 aliphatic rings. The average molecular weight is 207 g/mol. The van der Waals surface area contributed by atoms with Gasteiger partial charge in [0.1, 0.15) is 5.60 Å². The van der Waals surface area contributed by atoms with Crippen molar-refractivity contribution in [2.75, 3.05) is 0 Å². The second-order valence-electron chi connectivity index (χ2n) is 4.39. The maximum atomic E-state index is 10.0. The van der Waals surface area contributed by atoms with Gasteiger partial charge < -0.3 is 5.11 Å². The van der Waals surface area contributed by atoms with E-state index < -0.39 is 5.60 Å². The van der Waals surface area contributed by atoms with Crippen LogP contribution >= 0.6 is 0 Å². The van der Waals surface area contributed by atoms with Gasteiger partial charge in [-0.15, -0.1) is 11.8 Å². The van der Waals surface area contributed by atoms with Gasteiger partial charge in [-0.3, -0.25) is 5.32 Å². The molecule has 2 atom stereocenters. The maximum Gasteiger partial charge on any atom is 0.137 e. The van der Waals surface area contributed by atoms with Crippen molar-refractivity contribution in [3.05, 3.63) is 0 Å². The molecule has 0 bridgehead atoms. The predicted molar refractivity (Wildman–Crippen MR) is 64.2 cm³/mol. The number of hydrogen-bond donors (Lipinski definition) is 2. The van der Waals surface area contributed by atoms with Gasteiger partial charge >= 0.3 is 0 Å². The molecule has 2 unspecified atom stereocenters. The molecule has 84 valence electrons. The Balaban J connectivity index is 4.64. The molecule has 0 heterocycles. The highest BCUT2D eigenvalue weighted by Crippen LogP contribution is 2.12. The van der Waals surface area contributed by atoms with Gasteiger partial charge in [0.2, 0.25) is 0 Å². The Morgan fingerprint density at radius 2 is 1.53 bits per heavy atom. The van der Waals surface area contributed by atoms with Crippen molar-refractivity contribution in [1.29, 1.82) is 0 Å². The molecule has 0 aromatic heterocycles. The maximum absolute atomic E-state index is 10.0. The van der Waals surface area contributed by atoms with E-state index in [9.17, 15) is 5.11 Å². The molecular weight excluding hydrogens is 186 g/mol. The van der Waals surface area contributed by atoms with Gasteiger partial charge in [-0.25, -0.2) is 0 Å². The van der Waals surface area contributed by atoms with Crippen LogP contribution < -0.4 is 5.32 Å². The SMILES string of the molecule is CC#CC(C)(C)NC(C)C(C)(O)C#CC. The predicted octanol–water partition coefficient (Wildman–Crippen LogP) is 1.54. The van der Waals surface area contributed by atoms with Crippen molar-refractivity contribution in [2.24, 2.45) is 0 Å². The normalized spacial score (nSPS) is 16.5. The molecule has 0 saturated carbocycles. The van der Waals surface area contributed by atoms with E-state index in [-0.39, 0.29) is 11.6 Å². The van der Waals surface area contributed by atoms with Crippen LogP contribution in [0.3, 0.4) is 0 Å². The zero-order valence-corrected chi connectivity index (χ0v) is 10.5. The second kappa shape index (κ2) is 5.21. The molecule has 2 nitrogen and oxygen atoms in total. The van der Waals surface area contributed by atoms with Gasteiger partial charge in [0.25, 0.3) is 0 Å². The summed E-state index contributed by atoms with van der Waals surface area (Å²) in [5, 5.41) is 13.3. The summed E-state index contributed by atoms with van der Waals surface area (Å²) >= 11 is 0. The summed E-state index contributed by atoms with van der Waals surface area (Å²) in [5.74, 6) is 11.4. The number of rotatable bonds is 3.